The van der Waals surface area contributed by atoms with Crippen LogP contribution in [0.25, 0.3) is 5.76 Å². The number of carbonyl (C=O) groups is 2. The van der Waals surface area contributed by atoms with Crippen LogP contribution in [-0.4, -0.2) is 57.6 Å². The monoisotopic (exact) mass is 484 g/mol. The number of ketones is 1. The zero-order valence-electron chi connectivity index (χ0n) is 19.8. The molecule has 1 fully saturated rings. The zero-order valence-corrected chi connectivity index (χ0v) is 19.8. The quantitative estimate of drug-likeness (QED) is 0.129. The number of carbonyl (C=O) groups excluding carboxylic acids is 2. The number of benzene rings is 2. The normalized spacial score (nSPS) is 17.3. The molecule has 0 aliphatic carbocycles. The molecule has 1 aliphatic rings. The number of aliphatic hydroxyl groups excluding tert-OH is 1. The van der Waals surface area contributed by atoms with Gasteiger partial charge >= 0.3 is 0 Å². The number of likely N-dealkylation sites (tertiary alicyclic amines) is 1. The summed E-state index contributed by atoms with van der Waals surface area (Å²) < 4.78 is 11.0. The number of phenolic OH excluding ortho intramolecular Hbond substituents is 1. The van der Waals surface area contributed by atoms with Gasteiger partial charge in [0.1, 0.15) is 5.76 Å². The van der Waals surface area contributed by atoms with Crippen LogP contribution >= 0.6 is 0 Å². The number of non-ortho nitro benzene ring substituents is 1. The maximum Gasteiger partial charge on any atom is 0.295 e. The van der Waals surface area contributed by atoms with Crippen molar-refractivity contribution in [3.8, 4) is 11.5 Å². The number of hydrogen-bond acceptors (Lipinski definition) is 8. The van der Waals surface area contributed by atoms with Crippen LogP contribution in [0.2, 0.25) is 0 Å². The Balaban J connectivity index is 2.08. The standard InChI is InChI=1S/C25H28N2O8/c1-4-34-20-14-17(8-11-19(20)28)22-21(23(29)16-6-9-18(10-7-16)27(32)33)24(30)25(31)26(22)12-5-13-35-15(2)3/h6-11,14-15,22,28-29H,4-5,12-13H2,1-3H3/t22-/m1/s1. The Morgan fingerprint density at radius 2 is 1.86 bits per heavy atom. The summed E-state index contributed by atoms with van der Waals surface area (Å²) in [6.07, 6.45) is 0.463. The van der Waals surface area contributed by atoms with Crippen LogP contribution in [-0.2, 0) is 14.3 Å². The summed E-state index contributed by atoms with van der Waals surface area (Å²) in [6.45, 7) is 6.37. The Kier molecular flexibility index (Phi) is 8.08. The van der Waals surface area contributed by atoms with Crippen molar-refractivity contribution in [1.82, 2.24) is 4.90 Å². The highest BCUT2D eigenvalue weighted by molar-refractivity contribution is 6.46. The van der Waals surface area contributed by atoms with Crippen molar-refractivity contribution < 1.29 is 34.2 Å². The van der Waals surface area contributed by atoms with Gasteiger partial charge in [-0.2, -0.15) is 0 Å². The third-order valence-electron chi connectivity index (χ3n) is 5.49. The van der Waals surface area contributed by atoms with Crippen LogP contribution in [0.4, 0.5) is 5.69 Å². The van der Waals surface area contributed by atoms with Crippen molar-refractivity contribution >= 4 is 23.1 Å². The van der Waals surface area contributed by atoms with Crippen molar-refractivity contribution in [2.45, 2.75) is 39.3 Å². The summed E-state index contributed by atoms with van der Waals surface area (Å²) >= 11 is 0. The Bertz CT molecular complexity index is 1140. The molecule has 0 spiro atoms. The molecule has 0 saturated carbocycles. The maximum atomic E-state index is 13.1. The molecule has 186 valence electrons. The molecule has 1 atom stereocenters. The number of Topliss-reactive ketones (excluding diaryl/α,β-unsaturated/α-hetero) is 1. The van der Waals surface area contributed by atoms with Gasteiger partial charge in [0.2, 0.25) is 0 Å². The smallest absolute Gasteiger partial charge is 0.295 e. The number of phenols is 1. The molecular formula is C25H28N2O8. The highest BCUT2D eigenvalue weighted by Crippen LogP contribution is 2.42. The fourth-order valence-corrected chi connectivity index (χ4v) is 3.88. The third kappa shape index (κ3) is 5.60. The summed E-state index contributed by atoms with van der Waals surface area (Å²) in [7, 11) is 0. The second kappa shape index (κ2) is 11.0. The fraction of sp³-hybridized carbons (Fsp3) is 0.360. The van der Waals surface area contributed by atoms with E-state index in [9.17, 15) is 29.9 Å². The molecule has 0 radical (unpaired) electrons. The van der Waals surface area contributed by atoms with Crippen LogP contribution in [0.15, 0.2) is 48.0 Å². The van der Waals surface area contributed by atoms with Gasteiger partial charge in [-0.25, -0.2) is 0 Å². The molecule has 1 saturated heterocycles. The molecule has 0 bridgehead atoms. The second-order valence-electron chi connectivity index (χ2n) is 8.23. The maximum absolute atomic E-state index is 13.1. The summed E-state index contributed by atoms with van der Waals surface area (Å²) in [4.78, 5) is 37.8. The molecule has 1 heterocycles. The number of nitro benzene ring substituents is 1. The third-order valence-corrected chi connectivity index (χ3v) is 5.49. The topological polar surface area (TPSA) is 139 Å². The molecule has 10 heteroatoms. The van der Waals surface area contributed by atoms with Crippen molar-refractivity contribution in [3.63, 3.8) is 0 Å². The van der Waals surface area contributed by atoms with E-state index in [1.165, 1.54) is 41.3 Å². The van der Waals surface area contributed by atoms with Crippen molar-refractivity contribution in [1.29, 1.82) is 0 Å². The highest BCUT2D eigenvalue weighted by atomic mass is 16.6. The van der Waals surface area contributed by atoms with Gasteiger partial charge < -0.3 is 24.6 Å². The SMILES string of the molecule is CCOc1cc([C@@H]2C(=C(O)c3ccc([N+](=O)[O-])cc3)C(=O)C(=O)N2CCCOC(C)C)ccc1O. The van der Waals surface area contributed by atoms with Crippen LogP contribution in [0.1, 0.15) is 44.4 Å². The molecule has 1 aliphatic heterocycles. The molecule has 2 aromatic rings. The predicted octanol–water partition coefficient (Wildman–Crippen LogP) is 3.94. The lowest BCUT2D eigenvalue weighted by atomic mass is 9.95. The van der Waals surface area contributed by atoms with Gasteiger partial charge in [-0.3, -0.25) is 19.7 Å². The van der Waals surface area contributed by atoms with E-state index in [0.717, 1.165) is 0 Å². The molecule has 2 aromatic carbocycles. The van der Waals surface area contributed by atoms with Crippen LogP contribution < -0.4 is 4.74 Å². The predicted molar refractivity (Wildman–Crippen MR) is 127 cm³/mol. The van der Waals surface area contributed by atoms with Gasteiger partial charge in [0.15, 0.2) is 11.5 Å². The first-order valence-corrected chi connectivity index (χ1v) is 11.3. The Labute approximate surface area is 202 Å². The average molecular weight is 485 g/mol. The van der Waals surface area contributed by atoms with Gasteiger partial charge in [-0.15, -0.1) is 0 Å². The van der Waals surface area contributed by atoms with E-state index < -0.39 is 28.4 Å². The lowest BCUT2D eigenvalue weighted by molar-refractivity contribution is -0.384. The van der Waals surface area contributed by atoms with Crippen LogP contribution in [0.5, 0.6) is 11.5 Å². The second-order valence-corrected chi connectivity index (χ2v) is 8.23. The van der Waals surface area contributed by atoms with Gasteiger partial charge in [0.25, 0.3) is 17.4 Å². The van der Waals surface area contributed by atoms with Crippen LogP contribution in [0, 0.1) is 10.1 Å². The minimum Gasteiger partial charge on any atom is -0.507 e. The number of ether oxygens (including phenoxy) is 2. The molecule has 0 aromatic heterocycles. The van der Waals surface area contributed by atoms with Crippen molar-refractivity contribution in [2.24, 2.45) is 0 Å². The number of nitrogens with zero attached hydrogens (tertiary/aromatic N) is 2. The van der Waals surface area contributed by atoms with E-state index in [2.05, 4.69) is 0 Å². The minimum absolute atomic E-state index is 0.00852. The van der Waals surface area contributed by atoms with E-state index in [0.29, 0.717) is 18.6 Å². The van der Waals surface area contributed by atoms with Gasteiger partial charge in [-0.05, 0) is 57.0 Å². The molecule has 1 amide bonds. The molecule has 10 nitrogen and oxygen atoms in total. The first-order valence-electron chi connectivity index (χ1n) is 11.3. The molecule has 3 rings (SSSR count). The highest BCUT2D eigenvalue weighted by Gasteiger charge is 2.46. The number of hydrogen-bond donors (Lipinski definition) is 2. The van der Waals surface area contributed by atoms with Crippen molar-refractivity contribution in [3.05, 3.63) is 69.3 Å². The number of rotatable bonds is 10. The van der Waals surface area contributed by atoms with E-state index in [1.54, 1.807) is 13.0 Å². The Morgan fingerprint density at radius 1 is 1.17 bits per heavy atom. The van der Waals surface area contributed by atoms with Gasteiger partial charge in [0, 0.05) is 30.8 Å². The summed E-state index contributed by atoms with van der Waals surface area (Å²) in [5.41, 5.74) is 0.287. The zero-order chi connectivity index (χ0) is 25.7. The Hall–Kier alpha value is -3.92. The van der Waals surface area contributed by atoms with E-state index in [-0.39, 0.29) is 47.6 Å². The summed E-state index contributed by atoms with van der Waals surface area (Å²) in [6, 6.07) is 8.56. The number of nitro groups is 1. The number of aromatic hydroxyl groups is 1. The molecule has 0 unspecified atom stereocenters. The fourth-order valence-electron chi connectivity index (χ4n) is 3.88. The molecule has 2 N–H and O–H groups in total. The Morgan fingerprint density at radius 3 is 2.46 bits per heavy atom. The summed E-state index contributed by atoms with van der Waals surface area (Å²) in [5.74, 6) is -2.03. The average Bonchev–Trinajstić information content (AvgIpc) is 3.07. The minimum atomic E-state index is -0.955. The lowest BCUT2D eigenvalue weighted by Crippen LogP contribution is -2.31. The largest absolute Gasteiger partial charge is 0.507 e. The first kappa shape index (κ1) is 25.7. The first-order chi connectivity index (χ1) is 16.6. The van der Waals surface area contributed by atoms with E-state index in [4.69, 9.17) is 9.47 Å². The van der Waals surface area contributed by atoms with Gasteiger partial charge in [-0.1, -0.05) is 6.07 Å². The van der Waals surface area contributed by atoms with Crippen molar-refractivity contribution in [2.75, 3.05) is 19.8 Å². The molecule has 35 heavy (non-hydrogen) atoms. The molecular weight excluding hydrogens is 456 g/mol. The van der Waals surface area contributed by atoms with E-state index >= 15 is 0 Å². The summed E-state index contributed by atoms with van der Waals surface area (Å²) in [5, 5.41) is 32.2. The number of amides is 1. The lowest BCUT2D eigenvalue weighted by Gasteiger charge is -2.26. The number of aliphatic hydroxyl groups is 1. The van der Waals surface area contributed by atoms with Gasteiger partial charge in [0.05, 0.1) is 29.2 Å². The van der Waals surface area contributed by atoms with E-state index in [1.807, 2.05) is 13.8 Å². The van der Waals surface area contributed by atoms with Crippen LogP contribution in [0.3, 0.4) is 0 Å².